The van der Waals surface area contributed by atoms with Crippen LogP contribution in [0.5, 0.6) is 5.88 Å². The summed E-state index contributed by atoms with van der Waals surface area (Å²) in [7, 11) is 1.26. The second-order valence-electron chi connectivity index (χ2n) is 3.70. The third kappa shape index (κ3) is 2.97. The van der Waals surface area contributed by atoms with E-state index >= 15 is 0 Å². The lowest BCUT2D eigenvalue weighted by atomic mass is 10.3. The molecular formula is C12H9F2N3O3. The highest BCUT2D eigenvalue weighted by molar-refractivity contribution is 5.88. The predicted octanol–water partition coefficient (Wildman–Crippen LogP) is 2.21. The number of methoxy groups -OCH3 is 1. The molecule has 0 amide bonds. The van der Waals surface area contributed by atoms with Crippen molar-refractivity contribution in [3.8, 4) is 5.88 Å². The van der Waals surface area contributed by atoms with Crippen molar-refractivity contribution in [2.75, 3.05) is 12.4 Å². The molecule has 0 saturated heterocycles. The smallest absolute Gasteiger partial charge is 0.360 e. The molecule has 0 saturated carbocycles. The van der Waals surface area contributed by atoms with Gasteiger partial charge in [0.05, 0.1) is 13.3 Å². The van der Waals surface area contributed by atoms with Gasteiger partial charge in [-0.25, -0.2) is 23.5 Å². The van der Waals surface area contributed by atoms with Crippen LogP contribution < -0.4 is 10.1 Å². The average molecular weight is 281 g/mol. The van der Waals surface area contributed by atoms with Crippen molar-refractivity contribution in [1.82, 2.24) is 9.97 Å². The molecule has 8 heteroatoms. The Morgan fingerprint density at radius 1 is 1.30 bits per heavy atom. The van der Waals surface area contributed by atoms with Gasteiger partial charge in [0.2, 0.25) is 11.6 Å². The van der Waals surface area contributed by atoms with Gasteiger partial charge in [0.1, 0.15) is 17.5 Å². The molecule has 2 aromatic rings. The zero-order valence-electron chi connectivity index (χ0n) is 10.2. The highest BCUT2D eigenvalue weighted by atomic mass is 19.1. The molecule has 104 valence electrons. The summed E-state index contributed by atoms with van der Waals surface area (Å²) in [6.07, 6.45) is 1.19. The van der Waals surface area contributed by atoms with E-state index in [2.05, 4.69) is 15.3 Å². The van der Waals surface area contributed by atoms with E-state index in [0.717, 1.165) is 12.1 Å². The standard InChI is InChI=1S/C12H9F2N3O3/c1-20-11-10(12(18)19)17-9(5-15-11)16-8-3-6(13)2-7(14)4-8/h2-5H,1H3,(H,16,17)(H,18,19). The first kappa shape index (κ1) is 13.7. The molecule has 20 heavy (non-hydrogen) atoms. The van der Waals surface area contributed by atoms with E-state index in [1.165, 1.54) is 13.3 Å². The van der Waals surface area contributed by atoms with E-state index in [0.29, 0.717) is 6.07 Å². The minimum Gasteiger partial charge on any atom is -0.479 e. The largest absolute Gasteiger partial charge is 0.479 e. The Morgan fingerprint density at radius 3 is 2.50 bits per heavy atom. The summed E-state index contributed by atoms with van der Waals surface area (Å²) in [4.78, 5) is 18.5. The number of aromatic nitrogens is 2. The Hall–Kier alpha value is -2.77. The Balaban J connectivity index is 2.34. The van der Waals surface area contributed by atoms with E-state index < -0.39 is 23.3 Å². The third-order valence-electron chi connectivity index (χ3n) is 2.27. The summed E-state index contributed by atoms with van der Waals surface area (Å²) in [6, 6.07) is 2.79. The molecule has 0 fully saturated rings. The lowest BCUT2D eigenvalue weighted by molar-refractivity contribution is 0.0685. The van der Waals surface area contributed by atoms with Gasteiger partial charge in [0, 0.05) is 11.8 Å². The number of hydrogen-bond acceptors (Lipinski definition) is 5. The molecule has 0 unspecified atom stereocenters. The summed E-state index contributed by atoms with van der Waals surface area (Å²) in [5.74, 6) is -3.01. The summed E-state index contributed by atoms with van der Waals surface area (Å²) < 4.78 is 30.8. The first-order valence-corrected chi connectivity index (χ1v) is 5.37. The van der Waals surface area contributed by atoms with Gasteiger partial charge in [-0.15, -0.1) is 0 Å². The Kier molecular flexibility index (Phi) is 3.74. The number of hydrogen-bond donors (Lipinski definition) is 2. The minimum absolute atomic E-state index is 0.0215. The Bertz CT molecular complexity index is 644. The van der Waals surface area contributed by atoms with Crippen LogP contribution in [0, 0.1) is 11.6 Å². The van der Waals surface area contributed by atoms with Crippen LogP contribution in [0.3, 0.4) is 0 Å². The number of carbonyl (C=O) groups is 1. The Labute approximate surface area is 112 Å². The number of ether oxygens (including phenoxy) is 1. The van der Waals surface area contributed by atoms with E-state index in [1.54, 1.807) is 0 Å². The maximum atomic E-state index is 13.0. The fourth-order valence-corrected chi connectivity index (χ4v) is 1.50. The van der Waals surface area contributed by atoms with Gasteiger partial charge in [-0.1, -0.05) is 0 Å². The second kappa shape index (κ2) is 5.47. The minimum atomic E-state index is -1.33. The molecule has 1 aromatic heterocycles. The molecule has 2 N–H and O–H groups in total. The summed E-state index contributed by atoms with van der Waals surface area (Å²) in [5, 5.41) is 11.5. The van der Waals surface area contributed by atoms with E-state index in [1.807, 2.05) is 0 Å². The molecule has 1 aromatic carbocycles. The molecular weight excluding hydrogens is 272 g/mol. The second-order valence-corrected chi connectivity index (χ2v) is 3.70. The molecule has 1 heterocycles. The van der Waals surface area contributed by atoms with Crippen molar-refractivity contribution in [2.45, 2.75) is 0 Å². The number of nitrogens with one attached hydrogen (secondary N) is 1. The zero-order valence-corrected chi connectivity index (χ0v) is 10.2. The summed E-state index contributed by atoms with van der Waals surface area (Å²) in [5.41, 5.74) is -0.326. The van der Waals surface area contributed by atoms with Crippen LogP contribution in [0.4, 0.5) is 20.3 Å². The highest BCUT2D eigenvalue weighted by Gasteiger charge is 2.15. The topological polar surface area (TPSA) is 84.3 Å². The van der Waals surface area contributed by atoms with Crippen molar-refractivity contribution >= 4 is 17.5 Å². The fraction of sp³-hybridized carbons (Fsp3) is 0.0833. The van der Waals surface area contributed by atoms with Gasteiger partial charge in [-0.05, 0) is 12.1 Å². The van der Waals surface area contributed by atoms with Crippen LogP contribution in [0.2, 0.25) is 0 Å². The van der Waals surface area contributed by atoms with Crippen LogP contribution in [0.15, 0.2) is 24.4 Å². The number of nitrogens with zero attached hydrogens (tertiary/aromatic N) is 2. The number of rotatable bonds is 4. The highest BCUT2D eigenvalue weighted by Crippen LogP contribution is 2.20. The van der Waals surface area contributed by atoms with Crippen molar-refractivity contribution in [3.05, 3.63) is 41.7 Å². The molecule has 0 radical (unpaired) electrons. The molecule has 0 atom stereocenters. The van der Waals surface area contributed by atoms with Gasteiger partial charge in [-0.3, -0.25) is 0 Å². The fourth-order valence-electron chi connectivity index (χ4n) is 1.50. The molecule has 0 aliphatic rings. The van der Waals surface area contributed by atoms with Crippen molar-refractivity contribution in [3.63, 3.8) is 0 Å². The van der Waals surface area contributed by atoms with Crippen LogP contribution in [0.1, 0.15) is 10.5 Å². The van der Waals surface area contributed by atoms with Crippen LogP contribution in [0.25, 0.3) is 0 Å². The molecule has 0 aliphatic heterocycles. The molecule has 2 rings (SSSR count). The maximum Gasteiger partial charge on any atom is 0.360 e. The number of carboxylic acid groups (broad SMARTS) is 1. The van der Waals surface area contributed by atoms with Crippen molar-refractivity contribution < 1.29 is 23.4 Å². The molecule has 6 nitrogen and oxygen atoms in total. The molecule has 0 aliphatic carbocycles. The van der Waals surface area contributed by atoms with E-state index in [9.17, 15) is 13.6 Å². The first-order valence-electron chi connectivity index (χ1n) is 5.37. The lowest BCUT2D eigenvalue weighted by Crippen LogP contribution is -2.08. The maximum absolute atomic E-state index is 13.0. The van der Waals surface area contributed by atoms with Gasteiger partial charge in [-0.2, -0.15) is 0 Å². The van der Waals surface area contributed by atoms with Gasteiger partial charge < -0.3 is 15.2 Å². The van der Waals surface area contributed by atoms with Gasteiger partial charge in [0.15, 0.2) is 0 Å². The quantitative estimate of drug-likeness (QED) is 0.893. The van der Waals surface area contributed by atoms with E-state index in [4.69, 9.17) is 9.84 Å². The average Bonchev–Trinajstić information content (AvgIpc) is 2.37. The molecule has 0 bridgehead atoms. The SMILES string of the molecule is COc1ncc(Nc2cc(F)cc(F)c2)nc1C(=O)O. The summed E-state index contributed by atoms with van der Waals surface area (Å²) >= 11 is 0. The number of aromatic carboxylic acids is 1. The molecule has 0 spiro atoms. The van der Waals surface area contributed by atoms with Crippen LogP contribution in [-0.2, 0) is 0 Å². The zero-order chi connectivity index (χ0) is 14.7. The first-order chi connectivity index (χ1) is 9.49. The van der Waals surface area contributed by atoms with Crippen molar-refractivity contribution in [1.29, 1.82) is 0 Å². The van der Waals surface area contributed by atoms with Crippen LogP contribution in [-0.4, -0.2) is 28.2 Å². The van der Waals surface area contributed by atoms with E-state index in [-0.39, 0.29) is 17.4 Å². The van der Waals surface area contributed by atoms with Crippen LogP contribution >= 0.6 is 0 Å². The van der Waals surface area contributed by atoms with Gasteiger partial charge >= 0.3 is 5.97 Å². The number of halogens is 2. The lowest BCUT2D eigenvalue weighted by Gasteiger charge is -2.08. The Morgan fingerprint density at radius 2 is 1.95 bits per heavy atom. The summed E-state index contributed by atoms with van der Waals surface area (Å²) in [6.45, 7) is 0. The van der Waals surface area contributed by atoms with Crippen molar-refractivity contribution in [2.24, 2.45) is 0 Å². The predicted molar refractivity (Wildman–Crippen MR) is 65.2 cm³/mol. The van der Waals surface area contributed by atoms with Gasteiger partial charge in [0.25, 0.3) is 0 Å². The monoisotopic (exact) mass is 281 g/mol. The number of benzene rings is 1. The normalized spacial score (nSPS) is 10.2. The number of carboxylic acids is 1. The number of anilines is 2. The third-order valence-corrected chi connectivity index (χ3v) is 2.27.